The lowest BCUT2D eigenvalue weighted by atomic mass is 9.96. The number of hydrogen-bond acceptors (Lipinski definition) is 3. The fraction of sp³-hybridized carbons (Fsp3) is 0.526. The Morgan fingerprint density at radius 1 is 1.08 bits per heavy atom. The first-order valence-corrected chi connectivity index (χ1v) is 8.75. The van der Waals surface area contributed by atoms with Crippen LogP contribution in [0.3, 0.4) is 0 Å². The van der Waals surface area contributed by atoms with Crippen molar-refractivity contribution in [2.24, 2.45) is 11.3 Å². The molecule has 0 aromatic heterocycles. The molecule has 3 N–H and O–H groups in total. The lowest BCUT2D eigenvalue weighted by Gasteiger charge is -2.17. The molecule has 1 aromatic carbocycles. The molecule has 0 heterocycles. The van der Waals surface area contributed by atoms with Gasteiger partial charge in [0.05, 0.1) is 0 Å². The molecule has 0 spiro atoms. The van der Waals surface area contributed by atoms with Crippen molar-refractivity contribution >= 4 is 29.1 Å². The predicted octanol–water partition coefficient (Wildman–Crippen LogP) is 2.92. The maximum absolute atomic E-state index is 12.0. The van der Waals surface area contributed by atoms with Crippen molar-refractivity contribution in [3.05, 3.63) is 24.3 Å². The molecule has 1 fully saturated rings. The number of carbonyl (C=O) groups excluding carboxylic acids is 3. The predicted molar refractivity (Wildman–Crippen MR) is 98.1 cm³/mol. The summed E-state index contributed by atoms with van der Waals surface area (Å²) in [5.41, 5.74) is 0.914. The Bertz CT molecular complexity index is 646. The van der Waals surface area contributed by atoms with Gasteiger partial charge in [0.2, 0.25) is 17.7 Å². The van der Waals surface area contributed by atoms with Gasteiger partial charge in [-0.05, 0) is 37.5 Å². The second-order valence-electron chi connectivity index (χ2n) is 7.50. The molecule has 0 bridgehead atoms. The molecule has 6 nitrogen and oxygen atoms in total. The van der Waals surface area contributed by atoms with Crippen LogP contribution in [-0.2, 0) is 14.4 Å². The smallest absolute Gasteiger partial charge is 0.227 e. The molecule has 1 aliphatic rings. The Kier molecular flexibility index (Phi) is 6.17. The normalized spacial score (nSPS) is 13.9. The molecule has 0 aliphatic heterocycles. The summed E-state index contributed by atoms with van der Waals surface area (Å²) in [6, 6.07) is 7.13. The third kappa shape index (κ3) is 6.57. The minimum atomic E-state index is -0.423. The highest BCUT2D eigenvalue weighted by atomic mass is 16.2. The highest BCUT2D eigenvalue weighted by Gasteiger charge is 2.29. The highest BCUT2D eigenvalue weighted by molar-refractivity contribution is 5.95. The summed E-state index contributed by atoms with van der Waals surface area (Å²) in [6.45, 7) is 6.03. The molecule has 0 atom stereocenters. The van der Waals surface area contributed by atoms with Crippen molar-refractivity contribution in [2.45, 2.75) is 46.5 Å². The van der Waals surface area contributed by atoms with Crippen molar-refractivity contribution in [1.82, 2.24) is 5.32 Å². The highest BCUT2D eigenvalue weighted by Crippen LogP contribution is 2.30. The zero-order valence-electron chi connectivity index (χ0n) is 15.1. The molecule has 0 radical (unpaired) electrons. The summed E-state index contributed by atoms with van der Waals surface area (Å²) in [6.07, 6.45) is 2.80. The number of hydrogen-bond donors (Lipinski definition) is 3. The molecule has 1 aliphatic carbocycles. The number of carbonyl (C=O) groups is 3. The van der Waals surface area contributed by atoms with Crippen LogP contribution < -0.4 is 16.0 Å². The Morgan fingerprint density at radius 3 is 2.32 bits per heavy atom. The number of anilines is 2. The van der Waals surface area contributed by atoms with Gasteiger partial charge >= 0.3 is 0 Å². The van der Waals surface area contributed by atoms with E-state index in [2.05, 4.69) is 16.0 Å². The van der Waals surface area contributed by atoms with E-state index in [-0.39, 0.29) is 23.6 Å². The molecule has 0 saturated heterocycles. The minimum absolute atomic E-state index is 0.0213. The van der Waals surface area contributed by atoms with Gasteiger partial charge in [-0.2, -0.15) is 0 Å². The van der Waals surface area contributed by atoms with Crippen LogP contribution in [0.4, 0.5) is 11.4 Å². The number of amides is 3. The Balaban J connectivity index is 1.73. The third-order valence-electron chi connectivity index (χ3n) is 3.91. The summed E-state index contributed by atoms with van der Waals surface area (Å²) in [4.78, 5) is 35.5. The van der Waals surface area contributed by atoms with Gasteiger partial charge in [0.1, 0.15) is 0 Å². The van der Waals surface area contributed by atoms with E-state index >= 15 is 0 Å². The Labute approximate surface area is 148 Å². The van der Waals surface area contributed by atoms with E-state index < -0.39 is 5.41 Å². The van der Waals surface area contributed by atoms with Gasteiger partial charge in [-0.1, -0.05) is 26.8 Å². The topological polar surface area (TPSA) is 87.3 Å². The maximum Gasteiger partial charge on any atom is 0.227 e. The first kappa shape index (κ1) is 19.0. The summed E-state index contributed by atoms with van der Waals surface area (Å²) < 4.78 is 0. The first-order valence-electron chi connectivity index (χ1n) is 8.75. The SMILES string of the molecule is CC(C)(C)C(=O)NCCCC(=O)Nc1cccc(NC(=O)C2CC2)c1. The standard InChI is InChI=1S/C19H27N3O3/c1-19(2,3)18(25)20-11-5-8-16(23)21-14-6-4-7-15(12-14)22-17(24)13-9-10-13/h4,6-7,12-13H,5,8-11H2,1-3H3,(H,20,25)(H,21,23)(H,22,24). The van der Waals surface area contributed by atoms with E-state index in [1.54, 1.807) is 24.3 Å². The number of rotatable bonds is 7. The second-order valence-corrected chi connectivity index (χ2v) is 7.50. The molecule has 0 unspecified atom stereocenters. The number of benzene rings is 1. The lowest BCUT2D eigenvalue weighted by Crippen LogP contribution is -2.35. The van der Waals surface area contributed by atoms with Gasteiger partial charge in [-0.15, -0.1) is 0 Å². The fourth-order valence-corrected chi connectivity index (χ4v) is 2.20. The lowest BCUT2D eigenvalue weighted by molar-refractivity contribution is -0.128. The summed E-state index contributed by atoms with van der Waals surface area (Å²) in [5, 5.41) is 8.50. The Morgan fingerprint density at radius 2 is 1.72 bits per heavy atom. The van der Waals surface area contributed by atoms with Crippen LogP contribution in [0, 0.1) is 11.3 Å². The molecule has 3 amide bonds. The fourth-order valence-electron chi connectivity index (χ4n) is 2.20. The van der Waals surface area contributed by atoms with Gasteiger partial charge in [0.25, 0.3) is 0 Å². The molecule has 1 saturated carbocycles. The largest absolute Gasteiger partial charge is 0.356 e. The summed E-state index contributed by atoms with van der Waals surface area (Å²) in [5.74, 6) is 0.0438. The molecular weight excluding hydrogens is 318 g/mol. The van der Waals surface area contributed by atoms with E-state index in [0.717, 1.165) is 12.8 Å². The van der Waals surface area contributed by atoms with E-state index in [0.29, 0.717) is 30.8 Å². The van der Waals surface area contributed by atoms with Crippen molar-refractivity contribution in [3.8, 4) is 0 Å². The quantitative estimate of drug-likeness (QED) is 0.664. The van der Waals surface area contributed by atoms with Gasteiger partial charge in [0.15, 0.2) is 0 Å². The van der Waals surface area contributed by atoms with Crippen LogP contribution >= 0.6 is 0 Å². The molecule has 2 rings (SSSR count). The molecule has 6 heteroatoms. The number of nitrogens with one attached hydrogen (secondary N) is 3. The van der Waals surface area contributed by atoms with Crippen molar-refractivity contribution in [3.63, 3.8) is 0 Å². The average Bonchev–Trinajstić information content (AvgIpc) is 3.35. The summed E-state index contributed by atoms with van der Waals surface area (Å²) in [7, 11) is 0. The molecule has 25 heavy (non-hydrogen) atoms. The van der Waals surface area contributed by atoms with Crippen molar-refractivity contribution in [1.29, 1.82) is 0 Å². The maximum atomic E-state index is 12.0. The van der Waals surface area contributed by atoms with Gasteiger partial charge in [0, 0.05) is 35.7 Å². The van der Waals surface area contributed by atoms with E-state index in [1.807, 2.05) is 20.8 Å². The van der Waals surface area contributed by atoms with Crippen LogP contribution in [0.15, 0.2) is 24.3 Å². The van der Waals surface area contributed by atoms with Crippen LogP contribution in [0.2, 0.25) is 0 Å². The zero-order chi connectivity index (χ0) is 18.4. The monoisotopic (exact) mass is 345 g/mol. The second kappa shape index (κ2) is 8.14. The van der Waals surface area contributed by atoms with Crippen molar-refractivity contribution < 1.29 is 14.4 Å². The molecule has 136 valence electrons. The summed E-state index contributed by atoms with van der Waals surface area (Å²) >= 11 is 0. The van der Waals surface area contributed by atoms with Gasteiger partial charge in [-0.25, -0.2) is 0 Å². The van der Waals surface area contributed by atoms with Crippen LogP contribution in [0.25, 0.3) is 0 Å². The van der Waals surface area contributed by atoms with Crippen LogP contribution in [-0.4, -0.2) is 24.3 Å². The Hall–Kier alpha value is -2.37. The zero-order valence-corrected chi connectivity index (χ0v) is 15.1. The van der Waals surface area contributed by atoms with Crippen LogP contribution in [0.5, 0.6) is 0 Å². The van der Waals surface area contributed by atoms with Gasteiger partial charge < -0.3 is 16.0 Å². The van der Waals surface area contributed by atoms with E-state index in [9.17, 15) is 14.4 Å². The van der Waals surface area contributed by atoms with Crippen LogP contribution in [0.1, 0.15) is 46.5 Å². The first-order chi connectivity index (χ1) is 11.8. The third-order valence-corrected chi connectivity index (χ3v) is 3.91. The minimum Gasteiger partial charge on any atom is -0.356 e. The van der Waals surface area contributed by atoms with E-state index in [1.165, 1.54) is 0 Å². The molecule has 1 aromatic rings. The molecular formula is C19H27N3O3. The average molecular weight is 345 g/mol. The van der Waals surface area contributed by atoms with Gasteiger partial charge in [-0.3, -0.25) is 14.4 Å². The van der Waals surface area contributed by atoms with E-state index in [4.69, 9.17) is 0 Å². The van der Waals surface area contributed by atoms with Crippen molar-refractivity contribution in [2.75, 3.05) is 17.2 Å².